The van der Waals surface area contributed by atoms with Crippen LogP contribution in [0.5, 0.6) is 0 Å². The zero-order chi connectivity index (χ0) is 17.7. The van der Waals surface area contributed by atoms with Crippen molar-refractivity contribution in [1.82, 2.24) is 0 Å². The summed E-state index contributed by atoms with van der Waals surface area (Å²) in [5, 5.41) is 8.92. The summed E-state index contributed by atoms with van der Waals surface area (Å²) in [5.41, 5.74) is 0. The van der Waals surface area contributed by atoms with E-state index in [9.17, 15) is 9.59 Å². The minimum Gasteiger partial charge on any atom is -0.481 e. The van der Waals surface area contributed by atoms with E-state index in [0.717, 1.165) is 25.7 Å². The molecule has 0 aliphatic heterocycles. The highest BCUT2D eigenvalue weighted by atomic mass is 16.5. The van der Waals surface area contributed by atoms with Gasteiger partial charge in [-0.2, -0.15) is 0 Å². The van der Waals surface area contributed by atoms with E-state index in [4.69, 9.17) is 9.84 Å². The first-order chi connectivity index (χ1) is 10.7. The number of rotatable bonds is 12. The largest absolute Gasteiger partial charge is 0.481 e. The van der Waals surface area contributed by atoms with Crippen LogP contribution < -0.4 is 0 Å². The number of carboxylic acids is 1. The highest BCUT2D eigenvalue weighted by molar-refractivity contribution is 5.71. The normalized spacial score (nSPS) is 13.6. The third kappa shape index (κ3) is 15.1. The Morgan fingerprint density at radius 3 is 2.39 bits per heavy atom. The van der Waals surface area contributed by atoms with Gasteiger partial charge in [-0.05, 0) is 26.2 Å². The molecule has 0 rings (SSSR count). The summed E-state index contributed by atoms with van der Waals surface area (Å²) in [6.45, 7) is 2.47. The van der Waals surface area contributed by atoms with Gasteiger partial charge < -0.3 is 14.3 Å². The van der Waals surface area contributed by atoms with E-state index in [1.54, 1.807) is 0 Å². The van der Waals surface area contributed by atoms with Crippen LogP contribution >= 0.6 is 0 Å². The van der Waals surface area contributed by atoms with Gasteiger partial charge in [-0.25, -0.2) is 0 Å². The van der Waals surface area contributed by atoms with Crippen LogP contribution in [0, 0.1) is 0 Å². The molecular weight excluding hydrogens is 294 g/mol. The van der Waals surface area contributed by atoms with Gasteiger partial charge in [0.15, 0.2) is 6.10 Å². The van der Waals surface area contributed by atoms with Gasteiger partial charge in [-0.1, -0.05) is 30.7 Å². The smallest absolute Gasteiger partial charge is 0.307 e. The maximum atomic E-state index is 11.8. The molecule has 0 aromatic rings. The van der Waals surface area contributed by atoms with E-state index < -0.39 is 12.1 Å². The Morgan fingerprint density at radius 2 is 1.83 bits per heavy atom. The first-order valence-corrected chi connectivity index (χ1v) is 8.24. The molecule has 1 N–H and O–H groups in total. The number of hydrogen-bond donors (Lipinski definition) is 1. The molecule has 5 heteroatoms. The monoisotopic (exact) mass is 326 g/mol. The van der Waals surface area contributed by atoms with Crippen molar-refractivity contribution in [2.45, 2.75) is 51.6 Å². The highest BCUT2D eigenvalue weighted by Crippen LogP contribution is 2.09. The molecule has 0 saturated heterocycles. The summed E-state index contributed by atoms with van der Waals surface area (Å²) in [5.74, 6) is -1.24. The third-order valence-electron chi connectivity index (χ3n) is 3.14. The van der Waals surface area contributed by atoms with Gasteiger partial charge in [-0.15, -0.1) is 0 Å². The molecule has 0 heterocycles. The second kappa shape index (κ2) is 11.9. The van der Waals surface area contributed by atoms with E-state index in [1.165, 1.54) is 0 Å². The van der Waals surface area contributed by atoms with Gasteiger partial charge >= 0.3 is 11.9 Å². The predicted molar refractivity (Wildman–Crippen MR) is 92.1 cm³/mol. The average Bonchev–Trinajstić information content (AvgIpc) is 2.39. The van der Waals surface area contributed by atoms with Gasteiger partial charge in [-0.3, -0.25) is 9.59 Å². The number of nitrogens with zero attached hydrogens (tertiary/aromatic N) is 1. The number of hydrogen-bond acceptors (Lipinski definition) is 3. The average molecular weight is 326 g/mol. The maximum absolute atomic E-state index is 11.8. The molecule has 5 nitrogen and oxygen atoms in total. The third-order valence-corrected chi connectivity index (χ3v) is 3.14. The lowest BCUT2D eigenvalue weighted by Gasteiger charge is -2.28. The highest BCUT2D eigenvalue weighted by Gasteiger charge is 2.24. The van der Waals surface area contributed by atoms with Gasteiger partial charge in [0.25, 0.3) is 0 Å². The van der Waals surface area contributed by atoms with Crippen molar-refractivity contribution < 1.29 is 23.9 Å². The quantitative estimate of drug-likeness (QED) is 0.259. The van der Waals surface area contributed by atoms with E-state index in [-0.39, 0.29) is 12.4 Å². The molecular formula is C18H32NO4+. The number of carbonyl (C=O) groups excluding carboxylic acids is 1. The number of unbranched alkanes of at least 4 members (excludes halogenated alkanes) is 3. The van der Waals surface area contributed by atoms with Crippen molar-refractivity contribution in [3.05, 3.63) is 24.3 Å². The number of carboxylic acid groups (broad SMARTS) is 1. The van der Waals surface area contributed by atoms with Gasteiger partial charge in [0.05, 0.1) is 27.6 Å². The Bertz CT molecular complexity index is 408. The lowest BCUT2D eigenvalue weighted by molar-refractivity contribution is -0.873. The second-order valence-corrected chi connectivity index (χ2v) is 6.74. The molecule has 0 bridgehead atoms. The standard InChI is InChI=1S/C18H31NO4/c1-5-6-7-8-9-10-11-12-13-18(22)23-16(14-17(20)21)15-19(2,3)4/h5-8,16H,9-15H2,1-4H3/p+1/b6-5+,8-7+. The Morgan fingerprint density at radius 1 is 1.13 bits per heavy atom. The predicted octanol–water partition coefficient (Wildman–Crippen LogP) is 3.16. The first-order valence-electron chi connectivity index (χ1n) is 8.24. The fourth-order valence-corrected chi connectivity index (χ4v) is 2.19. The number of ether oxygens (including phenoxy) is 1. The fraction of sp³-hybridized carbons (Fsp3) is 0.667. The molecule has 132 valence electrons. The molecule has 0 spiro atoms. The molecule has 1 unspecified atom stereocenters. The molecule has 0 aromatic carbocycles. The Labute approximate surface area is 140 Å². The van der Waals surface area contributed by atoms with Crippen LogP contribution in [0.2, 0.25) is 0 Å². The van der Waals surface area contributed by atoms with E-state index in [1.807, 2.05) is 46.3 Å². The van der Waals surface area contributed by atoms with E-state index in [2.05, 4.69) is 6.08 Å². The van der Waals surface area contributed by atoms with Crippen molar-refractivity contribution in [3.63, 3.8) is 0 Å². The number of quaternary nitrogens is 1. The Kier molecular flexibility index (Phi) is 11.0. The zero-order valence-corrected chi connectivity index (χ0v) is 15.0. The molecule has 23 heavy (non-hydrogen) atoms. The summed E-state index contributed by atoms with van der Waals surface area (Å²) in [6.07, 6.45) is 11.5. The summed E-state index contributed by atoms with van der Waals surface area (Å²) < 4.78 is 5.90. The lowest BCUT2D eigenvalue weighted by Crippen LogP contribution is -2.43. The van der Waals surface area contributed by atoms with Crippen LogP contribution in [-0.4, -0.2) is 55.3 Å². The number of allylic oxidation sites excluding steroid dienone is 4. The van der Waals surface area contributed by atoms with Gasteiger partial charge in [0.1, 0.15) is 6.54 Å². The molecule has 0 saturated carbocycles. The molecule has 0 aliphatic rings. The summed E-state index contributed by atoms with van der Waals surface area (Å²) in [7, 11) is 5.85. The first kappa shape index (κ1) is 21.4. The van der Waals surface area contributed by atoms with Crippen molar-refractivity contribution in [1.29, 1.82) is 0 Å². The topological polar surface area (TPSA) is 63.6 Å². The molecule has 0 aliphatic carbocycles. The van der Waals surface area contributed by atoms with Crippen LogP contribution in [0.25, 0.3) is 0 Å². The number of aliphatic carboxylic acids is 1. The van der Waals surface area contributed by atoms with Crippen LogP contribution in [0.15, 0.2) is 24.3 Å². The maximum Gasteiger partial charge on any atom is 0.307 e. The summed E-state index contributed by atoms with van der Waals surface area (Å²) in [4.78, 5) is 22.7. The van der Waals surface area contributed by atoms with Gasteiger partial charge in [0, 0.05) is 6.42 Å². The second-order valence-electron chi connectivity index (χ2n) is 6.74. The van der Waals surface area contributed by atoms with Crippen LogP contribution in [0.4, 0.5) is 0 Å². The summed E-state index contributed by atoms with van der Waals surface area (Å²) in [6, 6.07) is 0. The molecule has 0 fully saturated rings. The minimum atomic E-state index is -0.941. The Balaban J connectivity index is 4.01. The van der Waals surface area contributed by atoms with E-state index >= 15 is 0 Å². The molecule has 1 atom stereocenters. The minimum absolute atomic E-state index is 0.142. The molecule has 0 radical (unpaired) electrons. The molecule has 0 amide bonds. The van der Waals surface area contributed by atoms with E-state index in [0.29, 0.717) is 17.4 Å². The van der Waals surface area contributed by atoms with Crippen LogP contribution in [-0.2, 0) is 14.3 Å². The van der Waals surface area contributed by atoms with Crippen LogP contribution in [0.1, 0.15) is 45.4 Å². The molecule has 0 aromatic heterocycles. The number of carbonyl (C=O) groups is 2. The number of likely N-dealkylation sites (N-methyl/N-ethyl adjacent to an activating group) is 1. The SMILES string of the molecule is C/C=C/C=C/CCCCCC(=O)OC(CC(=O)O)C[N+](C)(C)C. The summed E-state index contributed by atoms with van der Waals surface area (Å²) >= 11 is 0. The number of esters is 1. The zero-order valence-electron chi connectivity index (χ0n) is 15.0. The fourth-order valence-electron chi connectivity index (χ4n) is 2.19. The lowest BCUT2D eigenvalue weighted by atomic mass is 10.1. The van der Waals surface area contributed by atoms with Crippen molar-refractivity contribution >= 4 is 11.9 Å². The van der Waals surface area contributed by atoms with Crippen molar-refractivity contribution in [2.24, 2.45) is 0 Å². The van der Waals surface area contributed by atoms with Crippen molar-refractivity contribution in [2.75, 3.05) is 27.7 Å². The van der Waals surface area contributed by atoms with Gasteiger partial charge in [0.2, 0.25) is 0 Å². The van der Waals surface area contributed by atoms with Crippen molar-refractivity contribution in [3.8, 4) is 0 Å². The van der Waals surface area contributed by atoms with Crippen LogP contribution in [0.3, 0.4) is 0 Å². The Hall–Kier alpha value is -1.62.